The van der Waals surface area contributed by atoms with Crippen molar-refractivity contribution in [3.63, 3.8) is 0 Å². The summed E-state index contributed by atoms with van der Waals surface area (Å²) in [6.07, 6.45) is 9.98. The molecule has 4 aliphatic rings. The Morgan fingerprint density at radius 1 is 1.25 bits per heavy atom. The number of carbonyl (C=O) groups is 1. The van der Waals surface area contributed by atoms with E-state index in [2.05, 4.69) is 10.3 Å². The van der Waals surface area contributed by atoms with Crippen LogP contribution in [0.1, 0.15) is 49.0 Å². The van der Waals surface area contributed by atoms with Gasteiger partial charge in [-0.25, -0.2) is 0 Å². The lowest BCUT2D eigenvalue weighted by Crippen LogP contribution is -2.51. The average Bonchev–Trinajstić information content (AvgIpc) is 2.81. The van der Waals surface area contributed by atoms with E-state index in [4.69, 9.17) is 5.73 Å². The number of rotatable bonds is 3. The van der Waals surface area contributed by atoms with E-state index in [0.717, 1.165) is 24.3 Å². The van der Waals surface area contributed by atoms with E-state index >= 15 is 0 Å². The van der Waals surface area contributed by atoms with Crippen molar-refractivity contribution in [1.29, 1.82) is 0 Å². The molecule has 20 heavy (non-hydrogen) atoms. The molecule has 1 heterocycles. The molecule has 4 N–H and O–H groups in total. The molecule has 0 saturated heterocycles. The lowest BCUT2D eigenvalue weighted by atomic mass is 9.49. The Bertz CT molecular complexity index is 498. The van der Waals surface area contributed by atoms with E-state index in [1.807, 2.05) is 0 Å². The zero-order valence-electron chi connectivity index (χ0n) is 11.8. The SMILES string of the molecule is Nc1c[nH]c(C(=O)NCC23CC4CC(CC(C4)C2)C3)c1. The first kappa shape index (κ1) is 12.3. The standard InChI is InChI=1S/C16H23N3O/c17-13-4-14(18-8-13)15(20)19-9-16-5-10-1-11(6-16)3-12(2-10)7-16/h4,8,10-12,18H,1-3,5-7,9,17H2,(H,19,20). The summed E-state index contributed by atoms with van der Waals surface area (Å²) in [5, 5.41) is 3.14. The van der Waals surface area contributed by atoms with E-state index in [1.54, 1.807) is 12.3 Å². The first-order valence-corrected chi connectivity index (χ1v) is 7.84. The van der Waals surface area contributed by atoms with Crippen LogP contribution in [0.5, 0.6) is 0 Å². The third-order valence-electron chi connectivity index (χ3n) is 5.74. The quantitative estimate of drug-likeness (QED) is 0.792. The molecule has 4 aliphatic carbocycles. The highest BCUT2D eigenvalue weighted by atomic mass is 16.1. The van der Waals surface area contributed by atoms with Crippen molar-refractivity contribution in [2.45, 2.75) is 38.5 Å². The molecule has 4 nitrogen and oxygen atoms in total. The van der Waals surface area contributed by atoms with Crippen molar-refractivity contribution < 1.29 is 4.79 Å². The molecule has 0 radical (unpaired) electrons. The zero-order valence-corrected chi connectivity index (χ0v) is 11.8. The van der Waals surface area contributed by atoms with Gasteiger partial charge in [0.25, 0.3) is 5.91 Å². The molecule has 1 amide bonds. The van der Waals surface area contributed by atoms with Crippen molar-refractivity contribution >= 4 is 11.6 Å². The first-order valence-electron chi connectivity index (χ1n) is 7.84. The minimum atomic E-state index is -0.0163. The number of nitrogen functional groups attached to an aromatic ring is 1. The number of nitrogens with two attached hydrogens (primary N) is 1. The van der Waals surface area contributed by atoms with Crippen molar-refractivity contribution in [1.82, 2.24) is 10.3 Å². The van der Waals surface area contributed by atoms with Gasteiger partial charge in [0.15, 0.2) is 0 Å². The van der Waals surface area contributed by atoms with Crippen LogP contribution in [0.3, 0.4) is 0 Å². The van der Waals surface area contributed by atoms with Gasteiger partial charge in [0.05, 0.1) is 0 Å². The Morgan fingerprint density at radius 3 is 2.35 bits per heavy atom. The summed E-state index contributed by atoms with van der Waals surface area (Å²) in [6, 6.07) is 1.70. The molecule has 0 spiro atoms. The third-order valence-corrected chi connectivity index (χ3v) is 5.74. The van der Waals surface area contributed by atoms with Gasteiger partial charge in [0, 0.05) is 18.4 Å². The summed E-state index contributed by atoms with van der Waals surface area (Å²) in [5.74, 6) is 2.77. The Labute approximate surface area is 119 Å². The van der Waals surface area contributed by atoms with Gasteiger partial charge in [-0.15, -0.1) is 0 Å². The maximum Gasteiger partial charge on any atom is 0.267 e. The Hall–Kier alpha value is -1.45. The van der Waals surface area contributed by atoms with Crippen LogP contribution in [0, 0.1) is 23.2 Å². The van der Waals surface area contributed by atoms with Gasteiger partial charge in [0.2, 0.25) is 0 Å². The van der Waals surface area contributed by atoms with Crippen LogP contribution in [0.4, 0.5) is 5.69 Å². The minimum Gasteiger partial charge on any atom is -0.397 e. The molecule has 4 fully saturated rings. The number of aromatic nitrogens is 1. The summed E-state index contributed by atoms with van der Waals surface area (Å²) in [4.78, 5) is 15.1. The number of hydrogen-bond donors (Lipinski definition) is 3. The van der Waals surface area contributed by atoms with Crippen LogP contribution in [0.25, 0.3) is 0 Å². The lowest BCUT2D eigenvalue weighted by molar-refractivity contribution is -0.0503. The highest BCUT2D eigenvalue weighted by molar-refractivity contribution is 5.93. The molecule has 4 saturated carbocycles. The molecular weight excluding hydrogens is 250 g/mol. The van der Waals surface area contributed by atoms with E-state index in [9.17, 15) is 4.79 Å². The maximum absolute atomic E-state index is 12.2. The lowest BCUT2D eigenvalue weighted by Gasteiger charge is -2.56. The van der Waals surface area contributed by atoms with Gasteiger partial charge in [-0.3, -0.25) is 4.79 Å². The van der Waals surface area contributed by atoms with Crippen LogP contribution in [0.2, 0.25) is 0 Å². The summed E-state index contributed by atoms with van der Waals surface area (Å²) < 4.78 is 0. The van der Waals surface area contributed by atoms with Gasteiger partial charge >= 0.3 is 0 Å². The van der Waals surface area contributed by atoms with Gasteiger partial charge in [-0.2, -0.15) is 0 Å². The molecule has 1 aromatic rings. The largest absolute Gasteiger partial charge is 0.397 e. The van der Waals surface area contributed by atoms with Crippen LogP contribution in [-0.4, -0.2) is 17.4 Å². The fraction of sp³-hybridized carbons (Fsp3) is 0.688. The average molecular weight is 273 g/mol. The molecule has 0 aromatic carbocycles. The molecule has 0 unspecified atom stereocenters. The van der Waals surface area contributed by atoms with Gasteiger partial charge in [0.1, 0.15) is 5.69 Å². The van der Waals surface area contributed by atoms with E-state index in [-0.39, 0.29) is 5.91 Å². The molecule has 4 bridgehead atoms. The van der Waals surface area contributed by atoms with Crippen LogP contribution in [0.15, 0.2) is 12.3 Å². The minimum absolute atomic E-state index is 0.0163. The van der Waals surface area contributed by atoms with Crippen LogP contribution < -0.4 is 11.1 Å². The number of nitrogens with one attached hydrogen (secondary N) is 2. The number of amides is 1. The normalized spacial score (nSPS) is 38.1. The van der Waals surface area contributed by atoms with E-state index < -0.39 is 0 Å². The number of aromatic amines is 1. The summed E-state index contributed by atoms with van der Waals surface area (Å²) in [7, 11) is 0. The number of hydrogen-bond acceptors (Lipinski definition) is 2. The fourth-order valence-electron chi connectivity index (χ4n) is 5.41. The van der Waals surface area contributed by atoms with Crippen LogP contribution in [-0.2, 0) is 0 Å². The van der Waals surface area contributed by atoms with Gasteiger partial charge in [-0.1, -0.05) is 0 Å². The predicted molar refractivity (Wildman–Crippen MR) is 78.1 cm³/mol. The number of anilines is 1. The molecule has 1 aromatic heterocycles. The summed E-state index contributed by atoms with van der Waals surface area (Å²) >= 11 is 0. The van der Waals surface area contributed by atoms with Crippen molar-refractivity contribution in [2.75, 3.05) is 12.3 Å². The zero-order chi connectivity index (χ0) is 13.7. The van der Waals surface area contributed by atoms with Gasteiger partial charge in [-0.05, 0) is 67.8 Å². The van der Waals surface area contributed by atoms with E-state index in [1.165, 1.54) is 38.5 Å². The molecule has 5 rings (SSSR count). The second-order valence-corrected chi connectivity index (χ2v) is 7.45. The Balaban J connectivity index is 1.43. The highest BCUT2D eigenvalue weighted by Gasteiger charge is 2.50. The smallest absolute Gasteiger partial charge is 0.267 e. The topological polar surface area (TPSA) is 70.9 Å². The van der Waals surface area contributed by atoms with Crippen molar-refractivity contribution in [2.24, 2.45) is 23.2 Å². The fourth-order valence-corrected chi connectivity index (χ4v) is 5.41. The Morgan fingerprint density at radius 2 is 1.85 bits per heavy atom. The molecule has 0 atom stereocenters. The van der Waals surface area contributed by atoms with Gasteiger partial charge < -0.3 is 16.0 Å². The van der Waals surface area contributed by atoms with Crippen LogP contribution >= 0.6 is 0 Å². The number of carbonyl (C=O) groups excluding carboxylic acids is 1. The number of H-pyrrole nitrogens is 1. The predicted octanol–water partition coefficient (Wildman–Crippen LogP) is 2.54. The van der Waals surface area contributed by atoms with Crippen molar-refractivity contribution in [3.8, 4) is 0 Å². The molecular formula is C16H23N3O. The molecule has 4 heteroatoms. The van der Waals surface area contributed by atoms with Crippen molar-refractivity contribution in [3.05, 3.63) is 18.0 Å². The summed E-state index contributed by atoms with van der Waals surface area (Å²) in [5.41, 5.74) is 7.23. The Kier molecular flexibility index (Phi) is 2.63. The highest BCUT2D eigenvalue weighted by Crippen LogP contribution is 2.59. The monoisotopic (exact) mass is 273 g/mol. The second kappa shape index (κ2) is 4.27. The molecule has 0 aliphatic heterocycles. The maximum atomic E-state index is 12.2. The third kappa shape index (κ3) is 2.02. The second-order valence-electron chi connectivity index (χ2n) is 7.45. The molecule has 108 valence electrons. The van der Waals surface area contributed by atoms with E-state index in [0.29, 0.717) is 16.8 Å². The summed E-state index contributed by atoms with van der Waals surface area (Å²) in [6.45, 7) is 0.842. The first-order chi connectivity index (χ1) is 9.62.